The van der Waals surface area contributed by atoms with E-state index in [0.29, 0.717) is 5.88 Å². The zero-order valence-electron chi connectivity index (χ0n) is 5.78. The minimum atomic E-state index is 0.473. The topological polar surface area (TPSA) is 0 Å². The summed E-state index contributed by atoms with van der Waals surface area (Å²) in [5.74, 6) is 0.473. The lowest BCUT2D eigenvalue weighted by Gasteiger charge is -2.04. The number of hydrogen-bond acceptors (Lipinski definition) is 0. The molecule has 0 aromatic heterocycles. The lowest BCUT2D eigenvalue weighted by atomic mass is 10.1. The summed E-state index contributed by atoms with van der Waals surface area (Å²) >= 11 is 15.0. The first kappa shape index (κ1) is 9.37. The van der Waals surface area contributed by atoms with E-state index in [1.165, 1.54) is 0 Å². The van der Waals surface area contributed by atoms with Crippen molar-refractivity contribution in [2.45, 2.75) is 11.2 Å². The Kier molecular flexibility index (Phi) is 3.70. The highest BCUT2D eigenvalue weighted by Gasteiger charge is 2.03. The lowest BCUT2D eigenvalue weighted by Crippen LogP contribution is -1.88. The molecular weight excluding hydrogens is 247 g/mol. The van der Waals surface area contributed by atoms with E-state index in [2.05, 4.69) is 15.9 Å². The molecule has 0 spiro atoms. The molecule has 11 heavy (non-hydrogen) atoms. The van der Waals surface area contributed by atoms with Crippen molar-refractivity contribution in [1.29, 1.82) is 0 Å². The largest absolute Gasteiger partial charge is 0.121 e. The average Bonchev–Trinajstić information content (AvgIpc) is 2.04. The van der Waals surface area contributed by atoms with Gasteiger partial charge in [0.15, 0.2) is 0 Å². The van der Waals surface area contributed by atoms with Crippen LogP contribution in [0.25, 0.3) is 0 Å². The van der Waals surface area contributed by atoms with Gasteiger partial charge < -0.3 is 0 Å². The van der Waals surface area contributed by atoms with Crippen molar-refractivity contribution in [2.24, 2.45) is 0 Å². The second-order valence-corrected chi connectivity index (χ2v) is 3.38. The quantitative estimate of drug-likeness (QED) is 0.700. The Bertz CT molecular complexity index is 248. The SMILES string of the molecule is ClCc1c(Cl)cccc1CBr. The van der Waals surface area contributed by atoms with E-state index in [4.69, 9.17) is 23.2 Å². The molecule has 0 saturated heterocycles. The normalized spacial score (nSPS) is 10.1. The van der Waals surface area contributed by atoms with Crippen molar-refractivity contribution in [2.75, 3.05) is 0 Å². The first-order valence-electron chi connectivity index (χ1n) is 3.17. The Labute approximate surface area is 84.6 Å². The van der Waals surface area contributed by atoms with Crippen LogP contribution in [0, 0.1) is 0 Å². The van der Waals surface area contributed by atoms with Gasteiger partial charge in [-0.1, -0.05) is 39.7 Å². The van der Waals surface area contributed by atoms with Gasteiger partial charge in [0.25, 0.3) is 0 Å². The minimum Gasteiger partial charge on any atom is -0.121 e. The highest BCUT2D eigenvalue weighted by atomic mass is 79.9. The van der Waals surface area contributed by atoms with E-state index in [9.17, 15) is 0 Å². The van der Waals surface area contributed by atoms with Gasteiger partial charge in [-0.3, -0.25) is 0 Å². The second kappa shape index (κ2) is 4.34. The van der Waals surface area contributed by atoms with E-state index < -0.39 is 0 Å². The summed E-state index contributed by atoms with van der Waals surface area (Å²) in [6.07, 6.45) is 0. The molecule has 0 N–H and O–H groups in total. The van der Waals surface area contributed by atoms with Crippen LogP contribution >= 0.6 is 39.1 Å². The maximum atomic E-state index is 5.90. The van der Waals surface area contributed by atoms with Crippen molar-refractivity contribution in [1.82, 2.24) is 0 Å². The summed E-state index contributed by atoms with van der Waals surface area (Å²) < 4.78 is 0. The van der Waals surface area contributed by atoms with Crippen LogP contribution in [0.3, 0.4) is 0 Å². The summed E-state index contributed by atoms with van der Waals surface area (Å²) in [5, 5.41) is 1.55. The van der Waals surface area contributed by atoms with Gasteiger partial charge in [0.1, 0.15) is 0 Å². The van der Waals surface area contributed by atoms with Crippen molar-refractivity contribution >= 4 is 39.1 Å². The molecule has 0 fully saturated rings. The molecule has 0 bridgehead atoms. The third-order valence-corrected chi connectivity index (χ3v) is 2.72. The molecule has 0 aliphatic heterocycles. The van der Waals surface area contributed by atoms with E-state index in [1.807, 2.05) is 18.2 Å². The molecule has 1 aromatic carbocycles. The van der Waals surface area contributed by atoms with E-state index >= 15 is 0 Å². The zero-order valence-corrected chi connectivity index (χ0v) is 8.88. The molecule has 0 saturated carbocycles. The molecule has 0 atom stereocenters. The van der Waals surface area contributed by atoms with Crippen molar-refractivity contribution < 1.29 is 0 Å². The molecule has 0 heterocycles. The van der Waals surface area contributed by atoms with Crippen LogP contribution in [-0.4, -0.2) is 0 Å². The molecule has 0 amide bonds. The predicted molar refractivity (Wildman–Crippen MR) is 53.6 cm³/mol. The van der Waals surface area contributed by atoms with Gasteiger partial charge in [0.2, 0.25) is 0 Å². The third-order valence-electron chi connectivity index (χ3n) is 1.49. The Morgan fingerprint density at radius 3 is 2.55 bits per heavy atom. The van der Waals surface area contributed by atoms with Gasteiger partial charge in [-0.15, -0.1) is 11.6 Å². The standard InChI is InChI=1S/C8H7BrCl2/c9-4-6-2-1-3-8(11)7(6)5-10/h1-3H,4-5H2. The zero-order chi connectivity index (χ0) is 8.27. The van der Waals surface area contributed by atoms with Crippen molar-refractivity contribution in [3.63, 3.8) is 0 Å². The van der Waals surface area contributed by atoms with Gasteiger partial charge in [-0.05, 0) is 17.2 Å². The number of benzene rings is 1. The fourth-order valence-corrected chi connectivity index (χ4v) is 2.05. The Morgan fingerprint density at radius 1 is 1.36 bits per heavy atom. The molecule has 60 valence electrons. The maximum Gasteiger partial charge on any atom is 0.0491 e. The van der Waals surface area contributed by atoms with Gasteiger partial charge >= 0.3 is 0 Å². The summed E-state index contributed by atoms with van der Waals surface area (Å²) in [7, 11) is 0. The van der Waals surface area contributed by atoms with Crippen LogP contribution in [0.5, 0.6) is 0 Å². The van der Waals surface area contributed by atoms with Crippen molar-refractivity contribution in [3.8, 4) is 0 Å². The molecule has 0 radical (unpaired) electrons. The average molecular weight is 254 g/mol. The number of halogens is 3. The molecule has 1 rings (SSSR count). The summed E-state index contributed by atoms with van der Waals surface area (Å²) in [6.45, 7) is 0. The van der Waals surface area contributed by atoms with E-state index in [1.54, 1.807) is 0 Å². The summed E-state index contributed by atoms with van der Waals surface area (Å²) in [5.41, 5.74) is 2.18. The van der Waals surface area contributed by atoms with E-state index in [0.717, 1.165) is 21.5 Å². The van der Waals surface area contributed by atoms with Gasteiger partial charge in [0, 0.05) is 16.2 Å². The molecule has 0 aliphatic carbocycles. The molecular formula is C8H7BrCl2. The predicted octanol–water partition coefficient (Wildman–Crippen LogP) is 3.97. The number of alkyl halides is 2. The van der Waals surface area contributed by atoms with Crippen LogP contribution in [0.4, 0.5) is 0 Å². The fourth-order valence-electron chi connectivity index (χ4n) is 0.878. The van der Waals surface area contributed by atoms with E-state index in [-0.39, 0.29) is 0 Å². The highest BCUT2D eigenvalue weighted by molar-refractivity contribution is 9.08. The molecule has 0 nitrogen and oxygen atoms in total. The van der Waals surface area contributed by atoms with Gasteiger partial charge in [-0.25, -0.2) is 0 Å². The second-order valence-electron chi connectivity index (χ2n) is 2.14. The minimum absolute atomic E-state index is 0.473. The number of hydrogen-bond donors (Lipinski definition) is 0. The van der Waals surface area contributed by atoms with Crippen LogP contribution in [-0.2, 0) is 11.2 Å². The molecule has 0 aliphatic rings. The molecule has 0 unspecified atom stereocenters. The Hall–Kier alpha value is 0.280. The lowest BCUT2D eigenvalue weighted by molar-refractivity contribution is 1.28. The third kappa shape index (κ3) is 2.11. The van der Waals surface area contributed by atoms with Crippen LogP contribution in [0.1, 0.15) is 11.1 Å². The van der Waals surface area contributed by atoms with Crippen molar-refractivity contribution in [3.05, 3.63) is 34.3 Å². The Balaban J connectivity index is 3.13. The van der Waals surface area contributed by atoms with Gasteiger partial charge in [0.05, 0.1) is 0 Å². The molecule has 1 aromatic rings. The smallest absolute Gasteiger partial charge is 0.0491 e. The first-order chi connectivity index (χ1) is 5.29. The summed E-state index contributed by atoms with van der Waals surface area (Å²) in [4.78, 5) is 0. The first-order valence-corrected chi connectivity index (χ1v) is 5.21. The number of rotatable bonds is 2. The van der Waals surface area contributed by atoms with Crippen LogP contribution < -0.4 is 0 Å². The monoisotopic (exact) mass is 252 g/mol. The summed E-state index contributed by atoms with van der Waals surface area (Å²) in [6, 6.07) is 5.79. The van der Waals surface area contributed by atoms with Crippen LogP contribution in [0.2, 0.25) is 5.02 Å². The Morgan fingerprint density at radius 2 is 2.09 bits per heavy atom. The molecule has 3 heteroatoms. The van der Waals surface area contributed by atoms with Gasteiger partial charge in [-0.2, -0.15) is 0 Å². The van der Waals surface area contributed by atoms with Crippen LogP contribution in [0.15, 0.2) is 18.2 Å². The maximum absolute atomic E-state index is 5.90. The highest BCUT2D eigenvalue weighted by Crippen LogP contribution is 2.23. The fraction of sp³-hybridized carbons (Fsp3) is 0.250.